The topological polar surface area (TPSA) is 63.2 Å². The maximum atomic E-state index is 11.9. The van der Waals surface area contributed by atoms with E-state index in [1.807, 2.05) is 6.07 Å². The highest BCUT2D eigenvalue weighted by Gasteiger charge is 2.15. The van der Waals surface area contributed by atoms with Crippen LogP contribution in [-0.4, -0.2) is 43.3 Å². The first-order chi connectivity index (χ1) is 13.2. The number of piperidine rings is 1. The van der Waals surface area contributed by atoms with Crippen LogP contribution in [0.2, 0.25) is 0 Å². The molecule has 1 heterocycles. The number of rotatable bonds is 7. The van der Waals surface area contributed by atoms with Crippen molar-refractivity contribution in [2.45, 2.75) is 19.4 Å². The number of nitrogens with one attached hydrogen (secondary N) is 1. The van der Waals surface area contributed by atoms with Crippen molar-refractivity contribution >= 4 is 11.6 Å². The van der Waals surface area contributed by atoms with Crippen molar-refractivity contribution in [1.29, 1.82) is 0 Å². The van der Waals surface area contributed by atoms with E-state index in [-0.39, 0.29) is 12.5 Å². The van der Waals surface area contributed by atoms with Gasteiger partial charge in [-0.1, -0.05) is 30.3 Å². The van der Waals surface area contributed by atoms with Crippen molar-refractivity contribution in [2.24, 2.45) is 5.10 Å². The van der Waals surface area contributed by atoms with Crippen LogP contribution in [0.1, 0.15) is 18.4 Å². The van der Waals surface area contributed by atoms with Crippen LogP contribution < -0.4 is 14.9 Å². The molecule has 1 saturated heterocycles. The van der Waals surface area contributed by atoms with Gasteiger partial charge < -0.3 is 9.47 Å². The predicted molar refractivity (Wildman–Crippen MR) is 105 cm³/mol. The molecule has 0 unspecified atom stereocenters. The second-order valence-electron chi connectivity index (χ2n) is 6.44. The molecule has 0 radical (unpaired) electrons. The third-order valence-electron chi connectivity index (χ3n) is 4.45. The third-order valence-corrected chi connectivity index (χ3v) is 4.45. The number of hydrogen-bond acceptors (Lipinski definition) is 5. The predicted octanol–water partition coefficient (Wildman–Crippen LogP) is 2.84. The van der Waals surface area contributed by atoms with Crippen LogP contribution in [0.3, 0.4) is 0 Å². The Hall–Kier alpha value is -2.86. The highest BCUT2D eigenvalue weighted by molar-refractivity contribution is 5.87. The fourth-order valence-electron chi connectivity index (χ4n) is 2.92. The first kappa shape index (κ1) is 18.9. The molecule has 0 bridgehead atoms. The highest BCUT2D eigenvalue weighted by atomic mass is 16.5. The van der Waals surface area contributed by atoms with E-state index in [9.17, 15) is 4.79 Å². The normalized spacial score (nSPS) is 14.5. The van der Waals surface area contributed by atoms with Gasteiger partial charge in [0.15, 0.2) is 6.61 Å². The van der Waals surface area contributed by atoms with Crippen LogP contribution >= 0.6 is 0 Å². The number of carbonyl (C=O) groups is 1. The standard InChI is InChI=1S/C21H25N3O3/c1-26-19-7-9-20(10-8-19)27-16-21(25)23-22-18-11-13-24(14-12-18)15-17-5-3-2-4-6-17/h2-10H,11-16H2,1H3,(H,23,25). The first-order valence-corrected chi connectivity index (χ1v) is 9.10. The summed E-state index contributed by atoms with van der Waals surface area (Å²) in [6.07, 6.45) is 1.74. The van der Waals surface area contributed by atoms with Crippen molar-refractivity contribution < 1.29 is 14.3 Å². The number of ether oxygens (including phenoxy) is 2. The summed E-state index contributed by atoms with van der Waals surface area (Å²) >= 11 is 0. The third kappa shape index (κ3) is 6.11. The summed E-state index contributed by atoms with van der Waals surface area (Å²) in [6, 6.07) is 17.6. The molecule has 0 aromatic heterocycles. The summed E-state index contributed by atoms with van der Waals surface area (Å²) in [4.78, 5) is 14.3. The molecular weight excluding hydrogens is 342 g/mol. The summed E-state index contributed by atoms with van der Waals surface area (Å²) in [5.74, 6) is 1.11. The average Bonchev–Trinajstić information content (AvgIpc) is 2.73. The van der Waals surface area contributed by atoms with Gasteiger partial charge in [0.1, 0.15) is 11.5 Å². The number of amides is 1. The molecule has 1 aliphatic rings. The zero-order chi connectivity index (χ0) is 18.9. The number of carbonyl (C=O) groups excluding carboxylic acids is 1. The molecule has 0 saturated carbocycles. The van der Waals surface area contributed by atoms with E-state index in [2.05, 4.69) is 39.7 Å². The Morgan fingerprint density at radius 2 is 1.70 bits per heavy atom. The SMILES string of the molecule is COc1ccc(OCC(=O)NN=C2CCN(Cc3ccccc3)CC2)cc1. The summed E-state index contributed by atoms with van der Waals surface area (Å²) in [7, 11) is 1.61. The maximum absolute atomic E-state index is 11.9. The van der Waals surface area contributed by atoms with Gasteiger partial charge in [-0.05, 0) is 29.8 Å². The van der Waals surface area contributed by atoms with Crippen LogP contribution in [0.15, 0.2) is 59.7 Å². The van der Waals surface area contributed by atoms with Gasteiger partial charge in [0.25, 0.3) is 5.91 Å². The largest absolute Gasteiger partial charge is 0.497 e. The number of likely N-dealkylation sites (tertiary alicyclic amines) is 1. The fraction of sp³-hybridized carbons (Fsp3) is 0.333. The Kier molecular flexibility index (Phi) is 6.82. The number of hydrogen-bond donors (Lipinski definition) is 1. The lowest BCUT2D eigenvalue weighted by Gasteiger charge is -2.27. The van der Waals surface area contributed by atoms with E-state index >= 15 is 0 Å². The van der Waals surface area contributed by atoms with E-state index in [1.165, 1.54) is 5.56 Å². The molecule has 1 N–H and O–H groups in total. The lowest BCUT2D eigenvalue weighted by Crippen LogP contribution is -2.35. The Balaban J connectivity index is 1.37. The molecule has 1 aliphatic heterocycles. The fourth-order valence-corrected chi connectivity index (χ4v) is 2.92. The minimum Gasteiger partial charge on any atom is -0.497 e. The maximum Gasteiger partial charge on any atom is 0.277 e. The lowest BCUT2D eigenvalue weighted by molar-refractivity contribution is -0.123. The van der Waals surface area contributed by atoms with Gasteiger partial charge >= 0.3 is 0 Å². The molecule has 0 aliphatic carbocycles. The Bertz CT molecular complexity index is 750. The molecule has 3 rings (SSSR count). The molecular formula is C21H25N3O3. The molecule has 142 valence electrons. The number of hydrazone groups is 1. The monoisotopic (exact) mass is 367 g/mol. The zero-order valence-electron chi connectivity index (χ0n) is 15.6. The highest BCUT2D eigenvalue weighted by Crippen LogP contribution is 2.16. The lowest BCUT2D eigenvalue weighted by atomic mass is 10.1. The first-order valence-electron chi connectivity index (χ1n) is 9.10. The van der Waals surface area contributed by atoms with Crippen LogP contribution in [0.4, 0.5) is 0 Å². The van der Waals surface area contributed by atoms with Crippen molar-refractivity contribution in [3.05, 3.63) is 60.2 Å². The number of benzene rings is 2. The molecule has 1 amide bonds. The average molecular weight is 367 g/mol. The molecule has 27 heavy (non-hydrogen) atoms. The van der Waals surface area contributed by atoms with Gasteiger partial charge in [-0.25, -0.2) is 5.43 Å². The van der Waals surface area contributed by atoms with Crippen molar-refractivity contribution in [1.82, 2.24) is 10.3 Å². The summed E-state index contributed by atoms with van der Waals surface area (Å²) in [6.45, 7) is 2.79. The molecule has 0 atom stereocenters. The van der Waals surface area contributed by atoms with Gasteiger partial charge in [0, 0.05) is 38.2 Å². The molecule has 2 aromatic rings. The Morgan fingerprint density at radius 3 is 2.37 bits per heavy atom. The zero-order valence-corrected chi connectivity index (χ0v) is 15.6. The van der Waals surface area contributed by atoms with E-state index in [1.54, 1.807) is 31.4 Å². The number of nitrogens with zero attached hydrogens (tertiary/aromatic N) is 2. The summed E-state index contributed by atoms with van der Waals surface area (Å²) in [5.41, 5.74) is 4.94. The smallest absolute Gasteiger partial charge is 0.277 e. The van der Waals surface area contributed by atoms with E-state index in [0.717, 1.165) is 43.9 Å². The number of methoxy groups -OCH3 is 1. The van der Waals surface area contributed by atoms with Crippen molar-refractivity contribution in [3.63, 3.8) is 0 Å². The Labute approximate surface area is 159 Å². The minimum atomic E-state index is -0.259. The second-order valence-corrected chi connectivity index (χ2v) is 6.44. The molecule has 6 nitrogen and oxygen atoms in total. The van der Waals surface area contributed by atoms with Crippen LogP contribution in [0.25, 0.3) is 0 Å². The van der Waals surface area contributed by atoms with Gasteiger partial charge in [-0.3, -0.25) is 9.69 Å². The molecule has 1 fully saturated rings. The van der Waals surface area contributed by atoms with Gasteiger partial charge in [0.2, 0.25) is 0 Å². The van der Waals surface area contributed by atoms with Gasteiger partial charge in [0.05, 0.1) is 7.11 Å². The second kappa shape index (κ2) is 9.73. The quantitative estimate of drug-likeness (QED) is 0.765. The van der Waals surface area contributed by atoms with Gasteiger partial charge in [-0.2, -0.15) is 5.10 Å². The van der Waals surface area contributed by atoms with Crippen molar-refractivity contribution in [3.8, 4) is 11.5 Å². The molecule has 0 spiro atoms. The van der Waals surface area contributed by atoms with Gasteiger partial charge in [-0.15, -0.1) is 0 Å². The van der Waals surface area contributed by atoms with Crippen LogP contribution in [0.5, 0.6) is 11.5 Å². The molecule has 2 aromatic carbocycles. The van der Waals surface area contributed by atoms with Crippen molar-refractivity contribution in [2.75, 3.05) is 26.8 Å². The van der Waals surface area contributed by atoms with E-state index in [4.69, 9.17) is 9.47 Å². The Morgan fingerprint density at radius 1 is 1.04 bits per heavy atom. The van der Waals surface area contributed by atoms with E-state index in [0.29, 0.717) is 5.75 Å². The van der Waals surface area contributed by atoms with E-state index < -0.39 is 0 Å². The summed E-state index contributed by atoms with van der Waals surface area (Å²) in [5, 5.41) is 4.25. The molecule has 6 heteroatoms. The van der Waals surface area contributed by atoms with Crippen LogP contribution in [0, 0.1) is 0 Å². The summed E-state index contributed by atoms with van der Waals surface area (Å²) < 4.78 is 10.5. The minimum absolute atomic E-state index is 0.0662. The van der Waals surface area contributed by atoms with Crippen LogP contribution in [-0.2, 0) is 11.3 Å².